The molecular weight excluding hydrogens is 236 g/mol. The van der Waals surface area contributed by atoms with Crippen molar-refractivity contribution in [2.45, 2.75) is 13.3 Å². The van der Waals surface area contributed by atoms with Crippen LogP contribution in [0.5, 0.6) is 0 Å². The largest absolute Gasteiger partial charge is 0.338 e. The first-order valence-electron chi connectivity index (χ1n) is 6.30. The summed E-state index contributed by atoms with van der Waals surface area (Å²) in [6.07, 6.45) is 8.57. The van der Waals surface area contributed by atoms with Crippen LogP contribution in [0.15, 0.2) is 42.7 Å². The van der Waals surface area contributed by atoms with Crippen molar-refractivity contribution in [2.75, 3.05) is 0 Å². The Morgan fingerprint density at radius 3 is 2.84 bits per heavy atom. The molecule has 0 aliphatic rings. The van der Waals surface area contributed by atoms with Gasteiger partial charge in [-0.25, -0.2) is 15.0 Å². The van der Waals surface area contributed by atoms with Gasteiger partial charge in [-0.2, -0.15) is 0 Å². The summed E-state index contributed by atoms with van der Waals surface area (Å²) in [6, 6.07) is 7.82. The number of aromatic nitrogens is 4. The number of imidazole rings is 1. The molecule has 4 heteroatoms. The zero-order valence-electron chi connectivity index (χ0n) is 10.7. The third-order valence-corrected chi connectivity index (χ3v) is 2.84. The standard InChI is InChI=1S/C15H14N4/c1-2-3-5-14-18-12-7-6-11(10-13(12)19-14)15-16-8-4-9-17-15/h3-10H,2H2,1H3,(H,18,19). The first-order valence-corrected chi connectivity index (χ1v) is 6.30. The zero-order chi connectivity index (χ0) is 13.1. The highest BCUT2D eigenvalue weighted by atomic mass is 14.9. The third kappa shape index (κ3) is 2.38. The molecule has 0 amide bonds. The van der Waals surface area contributed by atoms with Crippen molar-refractivity contribution in [1.82, 2.24) is 19.9 Å². The maximum absolute atomic E-state index is 4.50. The molecule has 1 aromatic carbocycles. The van der Waals surface area contributed by atoms with Gasteiger partial charge in [0.1, 0.15) is 5.82 Å². The molecule has 94 valence electrons. The molecule has 2 heterocycles. The maximum Gasteiger partial charge on any atom is 0.159 e. The van der Waals surface area contributed by atoms with Crippen LogP contribution in [0.3, 0.4) is 0 Å². The normalized spacial score (nSPS) is 11.4. The highest BCUT2D eigenvalue weighted by molar-refractivity contribution is 5.81. The SMILES string of the molecule is CCC=Cc1nc2ccc(-c3ncccn3)cc2[nH]1. The molecule has 0 fully saturated rings. The first kappa shape index (κ1) is 11.6. The molecule has 0 aliphatic carbocycles. The number of nitrogens with one attached hydrogen (secondary N) is 1. The van der Waals surface area contributed by atoms with Crippen LogP contribution in [0, 0.1) is 0 Å². The van der Waals surface area contributed by atoms with Gasteiger partial charge in [0, 0.05) is 18.0 Å². The fourth-order valence-corrected chi connectivity index (χ4v) is 1.93. The van der Waals surface area contributed by atoms with Crippen LogP contribution in [0.2, 0.25) is 0 Å². The van der Waals surface area contributed by atoms with Gasteiger partial charge < -0.3 is 4.98 Å². The van der Waals surface area contributed by atoms with Crippen LogP contribution in [0.4, 0.5) is 0 Å². The van der Waals surface area contributed by atoms with Crippen LogP contribution >= 0.6 is 0 Å². The van der Waals surface area contributed by atoms with Crippen LogP contribution in [-0.4, -0.2) is 19.9 Å². The second kappa shape index (κ2) is 5.02. The summed E-state index contributed by atoms with van der Waals surface area (Å²) in [5.41, 5.74) is 2.94. The van der Waals surface area contributed by atoms with Gasteiger partial charge in [-0.15, -0.1) is 0 Å². The average Bonchev–Trinajstić information content (AvgIpc) is 2.87. The van der Waals surface area contributed by atoms with Crippen LogP contribution in [-0.2, 0) is 0 Å². The molecule has 0 saturated heterocycles. The highest BCUT2D eigenvalue weighted by Crippen LogP contribution is 2.20. The summed E-state index contributed by atoms with van der Waals surface area (Å²) in [5.74, 6) is 1.60. The Balaban J connectivity index is 2.04. The number of hydrogen-bond acceptors (Lipinski definition) is 3. The van der Waals surface area contributed by atoms with Gasteiger partial charge in [0.2, 0.25) is 0 Å². The second-order valence-corrected chi connectivity index (χ2v) is 4.24. The monoisotopic (exact) mass is 250 g/mol. The van der Waals surface area contributed by atoms with Gasteiger partial charge in [-0.05, 0) is 36.8 Å². The van der Waals surface area contributed by atoms with E-state index in [1.54, 1.807) is 12.4 Å². The van der Waals surface area contributed by atoms with Crippen molar-refractivity contribution >= 4 is 17.1 Å². The number of hydrogen-bond donors (Lipinski definition) is 1. The van der Waals surface area contributed by atoms with Gasteiger partial charge in [-0.3, -0.25) is 0 Å². The summed E-state index contributed by atoms with van der Waals surface area (Å²) in [4.78, 5) is 16.3. The van der Waals surface area contributed by atoms with E-state index in [2.05, 4.69) is 32.9 Å². The van der Waals surface area contributed by atoms with E-state index in [1.807, 2.05) is 30.3 Å². The Hall–Kier alpha value is -2.49. The molecule has 19 heavy (non-hydrogen) atoms. The molecular formula is C15H14N4. The Labute approximate surface area is 111 Å². The lowest BCUT2D eigenvalue weighted by Gasteiger charge is -1.98. The van der Waals surface area contributed by atoms with E-state index < -0.39 is 0 Å². The smallest absolute Gasteiger partial charge is 0.159 e. The van der Waals surface area contributed by atoms with Gasteiger partial charge >= 0.3 is 0 Å². The van der Waals surface area contributed by atoms with E-state index in [4.69, 9.17) is 0 Å². The van der Waals surface area contributed by atoms with Crippen molar-refractivity contribution in [2.24, 2.45) is 0 Å². The van der Waals surface area contributed by atoms with Crippen molar-refractivity contribution < 1.29 is 0 Å². The lowest BCUT2D eigenvalue weighted by molar-refractivity contribution is 1.18. The van der Waals surface area contributed by atoms with E-state index >= 15 is 0 Å². The quantitative estimate of drug-likeness (QED) is 0.774. The molecule has 0 spiro atoms. The Morgan fingerprint density at radius 1 is 1.21 bits per heavy atom. The molecule has 0 aliphatic heterocycles. The van der Waals surface area contributed by atoms with E-state index in [1.165, 1.54) is 0 Å². The number of aromatic amines is 1. The van der Waals surface area contributed by atoms with E-state index in [0.29, 0.717) is 0 Å². The number of H-pyrrole nitrogens is 1. The highest BCUT2D eigenvalue weighted by Gasteiger charge is 2.04. The molecule has 1 N–H and O–H groups in total. The van der Waals surface area contributed by atoms with Crippen molar-refractivity contribution in [3.63, 3.8) is 0 Å². The van der Waals surface area contributed by atoms with Crippen LogP contribution in [0.25, 0.3) is 28.5 Å². The molecule has 2 aromatic heterocycles. The van der Waals surface area contributed by atoms with Gasteiger partial charge in [-0.1, -0.05) is 13.0 Å². The van der Waals surface area contributed by atoms with E-state index in [9.17, 15) is 0 Å². The number of benzene rings is 1. The summed E-state index contributed by atoms with van der Waals surface area (Å²) in [5, 5.41) is 0. The lowest BCUT2D eigenvalue weighted by atomic mass is 10.2. The molecule has 3 rings (SSSR count). The molecule has 4 nitrogen and oxygen atoms in total. The third-order valence-electron chi connectivity index (χ3n) is 2.84. The summed E-state index contributed by atoms with van der Waals surface area (Å²) in [7, 11) is 0. The molecule has 3 aromatic rings. The Bertz CT molecular complexity index is 713. The fraction of sp³-hybridized carbons (Fsp3) is 0.133. The maximum atomic E-state index is 4.50. The predicted molar refractivity (Wildman–Crippen MR) is 76.4 cm³/mol. The zero-order valence-corrected chi connectivity index (χ0v) is 10.7. The summed E-state index contributed by atoms with van der Waals surface area (Å²) in [6.45, 7) is 2.10. The number of rotatable bonds is 3. The Morgan fingerprint density at radius 2 is 2.05 bits per heavy atom. The van der Waals surface area contributed by atoms with Crippen molar-refractivity contribution in [1.29, 1.82) is 0 Å². The van der Waals surface area contributed by atoms with Crippen molar-refractivity contribution in [3.8, 4) is 11.4 Å². The van der Waals surface area contributed by atoms with Crippen LogP contribution in [0.1, 0.15) is 19.2 Å². The van der Waals surface area contributed by atoms with Crippen molar-refractivity contribution in [3.05, 3.63) is 48.6 Å². The molecule has 0 bridgehead atoms. The summed E-state index contributed by atoms with van der Waals surface area (Å²) >= 11 is 0. The van der Waals surface area contributed by atoms with E-state index in [-0.39, 0.29) is 0 Å². The molecule has 0 atom stereocenters. The molecule has 0 radical (unpaired) electrons. The molecule has 0 saturated carbocycles. The second-order valence-electron chi connectivity index (χ2n) is 4.24. The fourth-order valence-electron chi connectivity index (χ4n) is 1.93. The lowest BCUT2D eigenvalue weighted by Crippen LogP contribution is -1.86. The molecule has 0 unspecified atom stereocenters. The minimum atomic E-state index is 0.727. The van der Waals surface area contributed by atoms with Crippen LogP contribution < -0.4 is 0 Å². The number of allylic oxidation sites excluding steroid dienone is 1. The summed E-state index contributed by atoms with van der Waals surface area (Å²) < 4.78 is 0. The van der Waals surface area contributed by atoms with Gasteiger partial charge in [0.15, 0.2) is 5.82 Å². The van der Waals surface area contributed by atoms with E-state index in [0.717, 1.165) is 34.7 Å². The predicted octanol–water partition coefficient (Wildman–Crippen LogP) is 3.44. The van der Waals surface area contributed by atoms with Gasteiger partial charge in [0.25, 0.3) is 0 Å². The average molecular weight is 250 g/mol. The minimum absolute atomic E-state index is 0.727. The Kier molecular flexibility index (Phi) is 3.06. The first-order chi connectivity index (χ1) is 9.36. The van der Waals surface area contributed by atoms with Gasteiger partial charge in [0.05, 0.1) is 11.0 Å². The topological polar surface area (TPSA) is 54.5 Å². The minimum Gasteiger partial charge on any atom is -0.338 e. The number of nitrogens with zero attached hydrogens (tertiary/aromatic N) is 3. The number of fused-ring (bicyclic) bond motifs is 1.